The number of amides is 1. The van der Waals surface area contributed by atoms with Crippen LogP contribution in [0.4, 0.5) is 4.79 Å². The van der Waals surface area contributed by atoms with Crippen LogP contribution in [0.2, 0.25) is 0 Å². The van der Waals surface area contributed by atoms with E-state index in [0.717, 1.165) is 23.5 Å². The van der Waals surface area contributed by atoms with Crippen LogP contribution < -0.4 is 0 Å². The minimum absolute atomic E-state index is 0.157. The van der Waals surface area contributed by atoms with Crippen LogP contribution in [0.15, 0.2) is 5.38 Å². The lowest BCUT2D eigenvalue weighted by Crippen LogP contribution is -2.43. The molecule has 1 atom stereocenters. The number of carbonyl (C=O) groups is 1. The van der Waals surface area contributed by atoms with Gasteiger partial charge in [-0.25, -0.2) is 9.78 Å². The van der Waals surface area contributed by atoms with Crippen LogP contribution in [0.5, 0.6) is 0 Å². The Morgan fingerprint density at radius 1 is 1.43 bits per heavy atom. The third-order valence-electron chi connectivity index (χ3n) is 3.27. The highest BCUT2D eigenvalue weighted by molar-refractivity contribution is 7.09. The minimum atomic E-state index is -0.459. The zero-order valence-corrected chi connectivity index (χ0v) is 15.1. The van der Waals surface area contributed by atoms with E-state index in [0.29, 0.717) is 5.92 Å². The van der Waals surface area contributed by atoms with E-state index in [1.807, 2.05) is 34.7 Å². The first kappa shape index (κ1) is 18.0. The monoisotopic (exact) mass is 312 g/mol. The number of aryl methyl sites for hydroxylation is 2. The van der Waals surface area contributed by atoms with E-state index in [2.05, 4.69) is 24.2 Å². The van der Waals surface area contributed by atoms with Gasteiger partial charge in [0.2, 0.25) is 0 Å². The average molecular weight is 312 g/mol. The molecule has 0 aromatic carbocycles. The number of hydrogen-bond donors (Lipinski definition) is 0. The van der Waals surface area contributed by atoms with Gasteiger partial charge in [0.15, 0.2) is 0 Å². The maximum atomic E-state index is 12.2. The smallest absolute Gasteiger partial charge is 0.410 e. The third kappa shape index (κ3) is 6.04. The van der Waals surface area contributed by atoms with Gasteiger partial charge in [0.1, 0.15) is 5.60 Å². The molecule has 0 bridgehead atoms. The second-order valence-corrected chi connectivity index (χ2v) is 7.77. The molecule has 1 heterocycles. The predicted octanol–water partition coefficient (Wildman–Crippen LogP) is 4.28. The van der Waals surface area contributed by atoms with Gasteiger partial charge in [-0.15, -0.1) is 11.3 Å². The molecule has 0 saturated carbocycles. The summed E-state index contributed by atoms with van der Waals surface area (Å²) in [5.41, 5.74) is 0.607. The van der Waals surface area contributed by atoms with E-state index in [-0.39, 0.29) is 12.1 Å². The molecular weight excluding hydrogens is 284 g/mol. The summed E-state index contributed by atoms with van der Waals surface area (Å²) in [5, 5.41) is 3.20. The average Bonchev–Trinajstić information content (AvgIpc) is 2.72. The Morgan fingerprint density at radius 2 is 2.05 bits per heavy atom. The highest BCUT2D eigenvalue weighted by Gasteiger charge is 2.27. The lowest BCUT2D eigenvalue weighted by Gasteiger charge is -2.33. The van der Waals surface area contributed by atoms with Crippen LogP contribution in [-0.2, 0) is 11.2 Å². The molecule has 1 amide bonds. The van der Waals surface area contributed by atoms with E-state index in [4.69, 9.17) is 4.74 Å². The molecule has 0 aliphatic carbocycles. The van der Waals surface area contributed by atoms with Gasteiger partial charge < -0.3 is 9.64 Å². The topological polar surface area (TPSA) is 42.4 Å². The molecule has 1 unspecified atom stereocenters. The van der Waals surface area contributed by atoms with Crippen molar-refractivity contribution in [1.82, 2.24) is 9.88 Å². The van der Waals surface area contributed by atoms with Crippen molar-refractivity contribution in [3.63, 3.8) is 0 Å². The van der Waals surface area contributed by atoms with Crippen LogP contribution >= 0.6 is 11.3 Å². The maximum Gasteiger partial charge on any atom is 0.410 e. The van der Waals surface area contributed by atoms with Crippen molar-refractivity contribution in [2.75, 3.05) is 7.05 Å². The lowest BCUT2D eigenvalue weighted by molar-refractivity contribution is 0.0170. The summed E-state index contributed by atoms with van der Waals surface area (Å²) >= 11 is 1.69. The molecule has 0 fully saturated rings. The Hall–Kier alpha value is -1.10. The van der Waals surface area contributed by atoms with Gasteiger partial charge in [0, 0.05) is 30.6 Å². The molecule has 1 aromatic heterocycles. The molecule has 4 nitrogen and oxygen atoms in total. The molecule has 120 valence electrons. The van der Waals surface area contributed by atoms with Gasteiger partial charge >= 0.3 is 6.09 Å². The van der Waals surface area contributed by atoms with E-state index in [1.165, 1.54) is 0 Å². The van der Waals surface area contributed by atoms with Gasteiger partial charge in [-0.05, 0) is 40.0 Å². The summed E-state index contributed by atoms with van der Waals surface area (Å²) in [6.45, 7) is 12.0. The third-order valence-corrected chi connectivity index (χ3v) is 4.30. The fourth-order valence-corrected chi connectivity index (χ4v) is 3.02. The molecule has 0 saturated heterocycles. The summed E-state index contributed by atoms with van der Waals surface area (Å²) in [7, 11) is 1.83. The number of ether oxygens (including phenoxy) is 1. The van der Waals surface area contributed by atoms with Crippen LogP contribution in [0.25, 0.3) is 0 Å². The van der Waals surface area contributed by atoms with E-state index >= 15 is 0 Å². The first-order valence-electron chi connectivity index (χ1n) is 7.47. The van der Waals surface area contributed by atoms with Crippen LogP contribution in [0, 0.1) is 12.8 Å². The molecular formula is C16H28N2O2S. The molecule has 21 heavy (non-hydrogen) atoms. The van der Waals surface area contributed by atoms with E-state index in [1.54, 1.807) is 16.2 Å². The number of rotatable bonds is 5. The summed E-state index contributed by atoms with van der Waals surface area (Å²) in [6.07, 6.45) is 1.55. The number of aromatic nitrogens is 1. The highest BCUT2D eigenvalue weighted by atomic mass is 32.1. The standard InChI is InChI=1S/C16H28N2O2S/c1-11(2)13(8-9-14-17-12(3)10-21-14)18(7)15(19)20-16(4,5)6/h10-11,13H,8-9H2,1-7H3. The molecule has 0 radical (unpaired) electrons. The van der Waals surface area contributed by atoms with Crippen molar-refractivity contribution in [3.8, 4) is 0 Å². The van der Waals surface area contributed by atoms with Crippen molar-refractivity contribution >= 4 is 17.4 Å². The van der Waals surface area contributed by atoms with Crippen molar-refractivity contribution in [2.24, 2.45) is 5.92 Å². The van der Waals surface area contributed by atoms with Crippen LogP contribution in [0.1, 0.15) is 51.7 Å². The zero-order valence-electron chi connectivity index (χ0n) is 14.3. The van der Waals surface area contributed by atoms with Gasteiger partial charge in [0.05, 0.1) is 5.01 Å². The van der Waals surface area contributed by atoms with Crippen molar-refractivity contribution in [2.45, 2.75) is 66.0 Å². The van der Waals surface area contributed by atoms with E-state index in [9.17, 15) is 4.79 Å². The number of hydrogen-bond acceptors (Lipinski definition) is 4. The Bertz CT molecular complexity index is 463. The number of carbonyl (C=O) groups excluding carboxylic acids is 1. The van der Waals surface area contributed by atoms with Gasteiger partial charge in [0.25, 0.3) is 0 Å². The number of thiazole rings is 1. The summed E-state index contributed by atoms with van der Waals surface area (Å²) < 4.78 is 5.46. The normalized spacial score (nSPS) is 13.3. The fourth-order valence-electron chi connectivity index (χ4n) is 2.23. The summed E-state index contributed by atoms with van der Waals surface area (Å²) in [4.78, 5) is 18.4. The Labute approximate surface area is 132 Å². The molecule has 0 N–H and O–H groups in total. The van der Waals surface area contributed by atoms with Crippen molar-refractivity contribution in [3.05, 3.63) is 16.1 Å². The fraction of sp³-hybridized carbons (Fsp3) is 0.750. The first-order valence-corrected chi connectivity index (χ1v) is 8.35. The molecule has 0 aliphatic heterocycles. The van der Waals surface area contributed by atoms with Crippen molar-refractivity contribution < 1.29 is 9.53 Å². The largest absolute Gasteiger partial charge is 0.444 e. The van der Waals surface area contributed by atoms with Crippen LogP contribution in [0.3, 0.4) is 0 Å². The summed E-state index contributed by atoms with van der Waals surface area (Å²) in [5.74, 6) is 0.378. The Morgan fingerprint density at radius 3 is 2.48 bits per heavy atom. The minimum Gasteiger partial charge on any atom is -0.444 e. The van der Waals surface area contributed by atoms with Crippen LogP contribution in [-0.4, -0.2) is 34.7 Å². The maximum absolute atomic E-state index is 12.2. The molecule has 0 aliphatic rings. The molecule has 0 spiro atoms. The lowest BCUT2D eigenvalue weighted by atomic mass is 9.98. The van der Waals surface area contributed by atoms with Gasteiger partial charge in [-0.1, -0.05) is 13.8 Å². The first-order chi connectivity index (χ1) is 9.60. The Balaban J connectivity index is 2.65. The Kier molecular flexibility index (Phi) is 6.20. The number of nitrogens with zero attached hydrogens (tertiary/aromatic N) is 2. The van der Waals surface area contributed by atoms with Gasteiger partial charge in [-0.2, -0.15) is 0 Å². The second-order valence-electron chi connectivity index (χ2n) is 6.82. The van der Waals surface area contributed by atoms with Crippen molar-refractivity contribution in [1.29, 1.82) is 0 Å². The molecule has 1 aromatic rings. The predicted molar refractivity (Wildman–Crippen MR) is 87.8 cm³/mol. The SMILES string of the molecule is Cc1csc(CCC(C(C)C)N(C)C(=O)OC(C)(C)C)n1. The molecule has 1 rings (SSSR count). The summed E-state index contributed by atoms with van der Waals surface area (Å²) in [6, 6.07) is 0.157. The van der Waals surface area contributed by atoms with Gasteiger partial charge in [-0.3, -0.25) is 0 Å². The second kappa shape index (κ2) is 7.25. The highest BCUT2D eigenvalue weighted by Crippen LogP contribution is 2.20. The molecule has 5 heteroatoms. The van der Waals surface area contributed by atoms with E-state index < -0.39 is 5.60 Å². The zero-order chi connectivity index (χ0) is 16.2. The quantitative estimate of drug-likeness (QED) is 0.815.